The normalized spacial score (nSPS) is 15.1. The van der Waals surface area contributed by atoms with Gasteiger partial charge in [0.2, 0.25) is 12.2 Å². The van der Waals surface area contributed by atoms with E-state index in [9.17, 15) is 14.7 Å². The van der Waals surface area contributed by atoms with Crippen molar-refractivity contribution < 1.29 is 14.3 Å². The highest BCUT2D eigenvalue weighted by molar-refractivity contribution is 5.92. The van der Waals surface area contributed by atoms with E-state index in [1.807, 2.05) is 24.8 Å². The van der Waals surface area contributed by atoms with E-state index in [4.69, 9.17) is 5.73 Å². The fourth-order valence-electron chi connectivity index (χ4n) is 4.27. The van der Waals surface area contributed by atoms with Crippen LogP contribution in [0.25, 0.3) is 0 Å². The van der Waals surface area contributed by atoms with Crippen LogP contribution in [0.5, 0.6) is 5.75 Å². The molecule has 0 aliphatic heterocycles. The van der Waals surface area contributed by atoms with Gasteiger partial charge in [-0.05, 0) is 55.5 Å². The highest BCUT2D eigenvalue weighted by atomic mass is 19.1. The lowest BCUT2D eigenvalue weighted by atomic mass is 9.97. The maximum absolute atomic E-state index is 15.5. The fourth-order valence-corrected chi connectivity index (χ4v) is 4.27. The Morgan fingerprint density at radius 2 is 2.03 bits per heavy atom. The molecular weight excluding hydrogens is 423 g/mol. The van der Waals surface area contributed by atoms with Crippen LogP contribution in [-0.2, 0) is 0 Å². The van der Waals surface area contributed by atoms with Gasteiger partial charge in [-0.25, -0.2) is 9.37 Å². The maximum Gasteiger partial charge on any atom is 0.296 e. The number of rotatable bonds is 8. The molecular formula is C25H27FN4O3. The number of halogens is 1. The van der Waals surface area contributed by atoms with E-state index in [-0.39, 0.29) is 34.8 Å². The number of phenols is 1. The summed E-state index contributed by atoms with van der Waals surface area (Å²) >= 11 is 0. The molecule has 7 nitrogen and oxygen atoms in total. The SMILES string of the molecule is CC[C@H](c1cccc(O)c1C)N(c1nccn([C@H](F)c2cccc(C(N)=O)c2)c1=O)C1CC1. The molecule has 1 saturated carbocycles. The zero-order valence-corrected chi connectivity index (χ0v) is 18.6. The summed E-state index contributed by atoms with van der Waals surface area (Å²) in [5.41, 5.74) is 6.74. The summed E-state index contributed by atoms with van der Waals surface area (Å²) in [4.78, 5) is 31.3. The number of alkyl halides is 1. The van der Waals surface area contributed by atoms with Gasteiger partial charge in [-0.1, -0.05) is 31.2 Å². The zero-order valence-electron chi connectivity index (χ0n) is 18.6. The topological polar surface area (TPSA) is 101 Å². The minimum absolute atomic E-state index is 0.115. The number of amides is 1. The minimum Gasteiger partial charge on any atom is -0.508 e. The first-order valence-electron chi connectivity index (χ1n) is 11.0. The molecule has 2 aromatic carbocycles. The molecule has 172 valence electrons. The van der Waals surface area contributed by atoms with Crippen molar-refractivity contribution >= 4 is 11.7 Å². The third-order valence-corrected chi connectivity index (χ3v) is 6.15. The predicted molar refractivity (Wildman–Crippen MR) is 124 cm³/mol. The van der Waals surface area contributed by atoms with Crippen molar-refractivity contribution in [2.45, 2.75) is 51.5 Å². The van der Waals surface area contributed by atoms with Crippen molar-refractivity contribution in [1.29, 1.82) is 0 Å². The van der Waals surface area contributed by atoms with Crippen molar-refractivity contribution in [3.8, 4) is 5.75 Å². The molecule has 0 radical (unpaired) electrons. The first kappa shape index (κ1) is 22.5. The largest absolute Gasteiger partial charge is 0.508 e. The van der Waals surface area contributed by atoms with E-state index < -0.39 is 17.8 Å². The number of nitrogens with zero attached hydrogens (tertiary/aromatic N) is 3. The smallest absolute Gasteiger partial charge is 0.296 e. The van der Waals surface area contributed by atoms with Crippen LogP contribution in [0, 0.1) is 6.92 Å². The lowest BCUT2D eigenvalue weighted by Crippen LogP contribution is -2.38. The van der Waals surface area contributed by atoms with Gasteiger partial charge in [0.05, 0.1) is 6.04 Å². The van der Waals surface area contributed by atoms with Crippen molar-refractivity contribution in [2.24, 2.45) is 5.73 Å². The van der Waals surface area contributed by atoms with Crippen LogP contribution in [0.1, 0.15) is 65.6 Å². The van der Waals surface area contributed by atoms with Crippen molar-refractivity contribution in [3.63, 3.8) is 0 Å². The zero-order chi connectivity index (χ0) is 23.7. The molecule has 2 atom stereocenters. The third-order valence-electron chi connectivity index (χ3n) is 6.15. The van der Waals surface area contributed by atoms with Gasteiger partial charge in [-0.2, -0.15) is 0 Å². The molecule has 33 heavy (non-hydrogen) atoms. The van der Waals surface area contributed by atoms with Crippen molar-refractivity contribution in [2.75, 3.05) is 4.90 Å². The molecule has 0 unspecified atom stereocenters. The van der Waals surface area contributed by atoms with Gasteiger partial charge in [-0.15, -0.1) is 0 Å². The summed E-state index contributed by atoms with van der Waals surface area (Å²) in [5.74, 6) is -0.305. The number of phenolic OH excluding ortho intramolecular Hbond substituents is 1. The Hall–Kier alpha value is -3.68. The number of anilines is 1. The molecule has 0 spiro atoms. The summed E-state index contributed by atoms with van der Waals surface area (Å²) < 4.78 is 16.5. The average molecular weight is 451 g/mol. The maximum atomic E-state index is 15.5. The van der Waals surface area contributed by atoms with Crippen LogP contribution in [0.15, 0.2) is 59.7 Å². The number of primary amides is 1. The monoisotopic (exact) mass is 450 g/mol. The number of carbonyl (C=O) groups excluding carboxylic acids is 1. The second kappa shape index (κ2) is 9.05. The van der Waals surface area contributed by atoms with Gasteiger partial charge in [0.15, 0.2) is 5.82 Å². The number of aromatic hydroxyl groups is 1. The Bertz CT molecular complexity index is 1240. The van der Waals surface area contributed by atoms with Gasteiger partial charge in [-0.3, -0.25) is 14.2 Å². The van der Waals surface area contributed by atoms with Gasteiger partial charge >= 0.3 is 0 Å². The summed E-state index contributed by atoms with van der Waals surface area (Å²) in [6, 6.07) is 11.2. The molecule has 0 bridgehead atoms. The van der Waals surface area contributed by atoms with E-state index in [0.29, 0.717) is 6.42 Å². The predicted octanol–water partition coefficient (Wildman–Crippen LogP) is 3.99. The number of hydrogen-bond acceptors (Lipinski definition) is 5. The Balaban J connectivity index is 1.77. The fraction of sp³-hybridized carbons (Fsp3) is 0.320. The van der Waals surface area contributed by atoms with Gasteiger partial charge in [0, 0.05) is 29.6 Å². The van der Waals surface area contributed by atoms with E-state index in [1.54, 1.807) is 12.1 Å². The summed E-state index contributed by atoms with van der Waals surface area (Å²) in [7, 11) is 0. The Labute approximate surface area is 191 Å². The van der Waals surface area contributed by atoms with Crippen LogP contribution in [-0.4, -0.2) is 26.6 Å². The molecule has 3 N–H and O–H groups in total. The third kappa shape index (κ3) is 4.33. The molecule has 1 aromatic heterocycles. The van der Waals surface area contributed by atoms with Crippen LogP contribution in [0.4, 0.5) is 10.2 Å². The quantitative estimate of drug-likeness (QED) is 0.540. The molecule has 4 rings (SSSR count). The van der Waals surface area contributed by atoms with E-state index in [2.05, 4.69) is 4.98 Å². The summed E-state index contributed by atoms with van der Waals surface area (Å²) in [6.07, 6.45) is 3.41. The number of carbonyl (C=O) groups is 1. The van der Waals surface area contributed by atoms with Gasteiger partial charge in [0.25, 0.3) is 5.56 Å². The highest BCUT2D eigenvalue weighted by Crippen LogP contribution is 2.40. The Morgan fingerprint density at radius 1 is 1.30 bits per heavy atom. The lowest BCUT2D eigenvalue weighted by Gasteiger charge is -2.33. The van der Waals surface area contributed by atoms with Crippen LogP contribution in [0.2, 0.25) is 0 Å². The molecule has 1 amide bonds. The van der Waals surface area contributed by atoms with E-state index >= 15 is 4.39 Å². The standard InChI is InChI=1S/C25H27FN4O3/c1-3-20(19-8-5-9-21(31)15(19)2)30(18-10-11-18)24-25(33)29(13-12-28-24)22(26)16-6-4-7-17(14-16)23(27)32/h4-9,12-14,18,20,22,31H,3,10-11H2,1-2H3,(H2,27,32)/t20-,22+/m1/s1. The van der Waals surface area contributed by atoms with Gasteiger partial charge in [0.1, 0.15) is 5.75 Å². The van der Waals surface area contributed by atoms with Crippen LogP contribution < -0.4 is 16.2 Å². The van der Waals surface area contributed by atoms with Crippen molar-refractivity contribution in [1.82, 2.24) is 9.55 Å². The minimum atomic E-state index is -1.80. The molecule has 8 heteroatoms. The number of benzene rings is 2. The summed E-state index contributed by atoms with van der Waals surface area (Å²) in [6.45, 7) is 3.86. The lowest BCUT2D eigenvalue weighted by molar-refractivity contribution is 0.1000. The number of aromatic nitrogens is 2. The highest BCUT2D eigenvalue weighted by Gasteiger charge is 2.37. The van der Waals surface area contributed by atoms with E-state index in [0.717, 1.165) is 28.5 Å². The van der Waals surface area contributed by atoms with Gasteiger partial charge < -0.3 is 15.7 Å². The molecule has 1 aliphatic carbocycles. The molecule has 3 aromatic rings. The molecule has 1 heterocycles. The second-order valence-electron chi connectivity index (χ2n) is 8.34. The molecule has 1 fully saturated rings. The number of nitrogens with two attached hydrogens (primary N) is 1. The summed E-state index contributed by atoms with van der Waals surface area (Å²) in [5, 5.41) is 10.2. The molecule has 0 saturated heterocycles. The van der Waals surface area contributed by atoms with Crippen LogP contribution >= 0.6 is 0 Å². The first-order valence-corrected chi connectivity index (χ1v) is 11.0. The number of hydrogen-bond donors (Lipinski definition) is 2. The second-order valence-corrected chi connectivity index (χ2v) is 8.34. The van der Waals surface area contributed by atoms with Crippen molar-refractivity contribution in [3.05, 3.63) is 87.5 Å². The first-order chi connectivity index (χ1) is 15.8. The average Bonchev–Trinajstić information content (AvgIpc) is 3.65. The molecule has 1 aliphatic rings. The Morgan fingerprint density at radius 3 is 2.70 bits per heavy atom. The van der Waals surface area contributed by atoms with Crippen LogP contribution in [0.3, 0.4) is 0 Å². The van der Waals surface area contributed by atoms with E-state index in [1.165, 1.54) is 36.7 Å². The Kier molecular flexibility index (Phi) is 6.18.